The van der Waals surface area contributed by atoms with Crippen LogP contribution < -0.4 is 0 Å². The summed E-state index contributed by atoms with van der Waals surface area (Å²) in [6.45, 7) is 1.64. The first-order valence-corrected chi connectivity index (χ1v) is 13.9. The van der Waals surface area contributed by atoms with Gasteiger partial charge in [0, 0.05) is 12.0 Å². The van der Waals surface area contributed by atoms with Gasteiger partial charge in [-0.1, -0.05) is 31.2 Å². The van der Waals surface area contributed by atoms with E-state index in [0.29, 0.717) is 0 Å². The number of carbonyl (C=O) groups is 6. The number of benzene rings is 3. The van der Waals surface area contributed by atoms with Crippen molar-refractivity contribution in [2.24, 2.45) is 5.41 Å². The first-order chi connectivity index (χ1) is 21.5. The summed E-state index contributed by atoms with van der Waals surface area (Å²) in [6, 6.07) is 17.9. The van der Waals surface area contributed by atoms with Crippen molar-refractivity contribution >= 4 is 35.6 Å². The quantitative estimate of drug-likeness (QED) is 0.135. The molecule has 11 heteroatoms. The summed E-state index contributed by atoms with van der Waals surface area (Å²) < 4.78 is 25.1. The zero-order valence-corrected chi connectivity index (χ0v) is 25.5. The number of Topliss-reactive ketones (excluding diaryl/α,β-unsaturated/α-hetero) is 1. The largest absolute Gasteiger partial charge is 0.465 e. The average Bonchev–Trinajstić information content (AvgIpc) is 3.07. The van der Waals surface area contributed by atoms with E-state index in [2.05, 4.69) is 0 Å². The maximum absolute atomic E-state index is 13.4. The second kappa shape index (κ2) is 15.9. The van der Waals surface area contributed by atoms with Crippen LogP contribution in [0.1, 0.15) is 88.3 Å². The van der Waals surface area contributed by atoms with Gasteiger partial charge >= 0.3 is 29.8 Å². The molecule has 0 fully saturated rings. The Labute approximate surface area is 260 Å². The Morgan fingerprint density at radius 3 is 1.18 bits per heavy atom. The van der Waals surface area contributed by atoms with Gasteiger partial charge in [-0.25, -0.2) is 24.0 Å². The third kappa shape index (κ3) is 9.59. The summed E-state index contributed by atoms with van der Waals surface area (Å²) in [7, 11) is 3.71. The molecule has 0 saturated carbocycles. The topological polar surface area (TPSA) is 149 Å². The minimum atomic E-state index is -0.819. The Hall–Kier alpha value is -5.32. The van der Waals surface area contributed by atoms with Gasteiger partial charge in [0.25, 0.3) is 0 Å². The van der Waals surface area contributed by atoms with Gasteiger partial charge in [0.2, 0.25) is 0 Å². The molecule has 0 spiro atoms. The molecule has 0 aliphatic carbocycles. The maximum Gasteiger partial charge on any atom is 0.338 e. The highest BCUT2D eigenvalue weighted by atomic mass is 16.5. The lowest BCUT2D eigenvalue weighted by molar-refractivity contribution is 0.0359. The van der Waals surface area contributed by atoms with Crippen molar-refractivity contribution in [2.45, 2.75) is 26.2 Å². The maximum atomic E-state index is 13.4. The molecule has 3 aromatic carbocycles. The summed E-state index contributed by atoms with van der Waals surface area (Å²) in [5.41, 5.74) is 0.372. The first-order valence-electron chi connectivity index (χ1n) is 13.9. The van der Waals surface area contributed by atoms with Gasteiger partial charge in [-0.05, 0) is 66.8 Å². The number of ether oxygens (including phenoxy) is 5. The third-order valence-electron chi connectivity index (χ3n) is 7.11. The zero-order valence-electron chi connectivity index (χ0n) is 25.5. The predicted molar refractivity (Wildman–Crippen MR) is 160 cm³/mol. The summed E-state index contributed by atoms with van der Waals surface area (Å²) in [5.74, 6) is -3.40. The lowest BCUT2D eigenvalue weighted by atomic mass is 9.78. The van der Waals surface area contributed by atoms with Gasteiger partial charge in [0.1, 0.15) is 0 Å². The second-order valence-electron chi connectivity index (χ2n) is 10.4. The van der Waals surface area contributed by atoms with Crippen LogP contribution in [0, 0.1) is 5.41 Å². The fourth-order valence-electron chi connectivity index (χ4n) is 4.46. The summed E-state index contributed by atoms with van der Waals surface area (Å²) in [6.07, 6.45) is 0.406. The molecule has 0 aromatic heterocycles. The molecule has 0 bridgehead atoms. The van der Waals surface area contributed by atoms with Crippen LogP contribution in [0.15, 0.2) is 72.8 Å². The molecule has 236 valence electrons. The Morgan fingerprint density at radius 1 is 0.511 bits per heavy atom. The monoisotopic (exact) mass is 618 g/mol. The van der Waals surface area contributed by atoms with Crippen molar-refractivity contribution in [1.29, 1.82) is 0 Å². The molecule has 0 aliphatic rings. The van der Waals surface area contributed by atoms with E-state index in [1.807, 2.05) is 0 Å². The summed E-state index contributed by atoms with van der Waals surface area (Å²) in [5, 5.41) is 0. The highest BCUT2D eigenvalue weighted by molar-refractivity contribution is 5.99. The van der Waals surface area contributed by atoms with Crippen molar-refractivity contribution in [1.82, 2.24) is 0 Å². The number of esters is 5. The van der Waals surface area contributed by atoms with E-state index in [1.54, 1.807) is 19.1 Å². The van der Waals surface area contributed by atoms with Gasteiger partial charge in [-0.3, -0.25) is 4.79 Å². The Balaban J connectivity index is 1.73. The lowest BCUT2D eigenvalue weighted by Gasteiger charge is -2.29. The highest BCUT2D eigenvalue weighted by Crippen LogP contribution is 2.33. The fourth-order valence-corrected chi connectivity index (χ4v) is 4.46. The molecule has 11 nitrogen and oxygen atoms in total. The van der Waals surface area contributed by atoms with E-state index in [9.17, 15) is 28.8 Å². The molecule has 0 saturated heterocycles. The molecule has 0 aliphatic heterocycles. The molecule has 3 aromatic rings. The number of hydrogen-bond donors (Lipinski definition) is 0. The van der Waals surface area contributed by atoms with Gasteiger partial charge in [-0.2, -0.15) is 0 Å². The van der Waals surface area contributed by atoms with Crippen molar-refractivity contribution < 1.29 is 52.5 Å². The number of carbonyl (C=O) groups excluding carboxylic acids is 6. The third-order valence-corrected chi connectivity index (χ3v) is 7.11. The van der Waals surface area contributed by atoms with Crippen molar-refractivity contribution in [3.63, 3.8) is 0 Å². The van der Waals surface area contributed by atoms with E-state index in [-0.39, 0.29) is 71.6 Å². The first kappa shape index (κ1) is 34.2. The summed E-state index contributed by atoms with van der Waals surface area (Å²) in [4.78, 5) is 74.5. The normalized spacial score (nSPS) is 10.8. The average molecular weight is 619 g/mol. The molecule has 0 amide bonds. The van der Waals surface area contributed by atoms with Crippen LogP contribution >= 0.6 is 0 Å². The standard InChI is InChI=1S/C34H34O11/c1-34(21-28(35)22-8-5-9-23(18-22)29(36)41-2,14-16-44-32(39)26-12-6-10-24(19-26)30(37)42-3)15-17-45-33(40)27-13-7-11-25(20-27)31(38)43-4/h5-13,18-20H,14-17,21H2,1-4H3. The lowest BCUT2D eigenvalue weighted by Crippen LogP contribution is -2.26. The van der Waals surface area contributed by atoms with E-state index >= 15 is 0 Å². The molecular weight excluding hydrogens is 584 g/mol. The van der Waals surface area contributed by atoms with E-state index in [4.69, 9.17) is 23.7 Å². The Morgan fingerprint density at radius 2 is 0.822 bits per heavy atom. The van der Waals surface area contributed by atoms with E-state index < -0.39 is 35.3 Å². The fraction of sp³-hybridized carbons (Fsp3) is 0.294. The smallest absolute Gasteiger partial charge is 0.338 e. The van der Waals surface area contributed by atoms with Crippen LogP contribution in [0.5, 0.6) is 0 Å². The molecule has 0 unspecified atom stereocenters. The highest BCUT2D eigenvalue weighted by Gasteiger charge is 2.30. The van der Waals surface area contributed by atoms with Gasteiger partial charge in [0.05, 0.1) is 62.4 Å². The minimum Gasteiger partial charge on any atom is -0.465 e. The van der Waals surface area contributed by atoms with Crippen LogP contribution in [0.25, 0.3) is 0 Å². The van der Waals surface area contributed by atoms with Gasteiger partial charge in [-0.15, -0.1) is 0 Å². The molecule has 3 rings (SSSR count). The Bertz CT molecular complexity index is 1500. The number of rotatable bonds is 14. The van der Waals surface area contributed by atoms with Crippen LogP contribution in [-0.2, 0) is 23.7 Å². The van der Waals surface area contributed by atoms with Gasteiger partial charge < -0.3 is 23.7 Å². The molecule has 45 heavy (non-hydrogen) atoms. The Kier molecular flexibility index (Phi) is 12.1. The van der Waals surface area contributed by atoms with Crippen LogP contribution in [0.2, 0.25) is 0 Å². The molecule has 0 atom stereocenters. The van der Waals surface area contributed by atoms with Crippen LogP contribution in [-0.4, -0.2) is 70.2 Å². The van der Waals surface area contributed by atoms with E-state index in [0.717, 1.165) is 0 Å². The molecule has 0 radical (unpaired) electrons. The minimum absolute atomic E-state index is 0.0254. The number of methoxy groups -OCH3 is 3. The van der Waals surface area contributed by atoms with Crippen molar-refractivity contribution in [3.8, 4) is 0 Å². The molecule has 0 N–H and O–H groups in total. The molecule has 0 heterocycles. The SMILES string of the molecule is COC(=O)c1cccc(C(=O)CC(C)(CCOC(=O)c2cccc(C(=O)OC)c2)CCOC(=O)c2cccc(C(=O)OC)c2)c1. The van der Waals surface area contributed by atoms with Gasteiger partial charge in [0.15, 0.2) is 5.78 Å². The number of ketones is 1. The van der Waals surface area contributed by atoms with Crippen LogP contribution in [0.4, 0.5) is 0 Å². The summed E-state index contributed by atoms with van der Waals surface area (Å²) >= 11 is 0. The molecular formula is C34H34O11. The second-order valence-corrected chi connectivity index (χ2v) is 10.4. The zero-order chi connectivity index (χ0) is 33.0. The number of hydrogen-bond acceptors (Lipinski definition) is 11. The van der Waals surface area contributed by atoms with E-state index in [1.165, 1.54) is 82.0 Å². The van der Waals surface area contributed by atoms with Crippen molar-refractivity contribution in [2.75, 3.05) is 34.5 Å². The van der Waals surface area contributed by atoms with Crippen LogP contribution in [0.3, 0.4) is 0 Å². The van der Waals surface area contributed by atoms with Crippen molar-refractivity contribution in [3.05, 3.63) is 106 Å². The predicted octanol–water partition coefficient (Wildman–Crippen LogP) is 5.12.